The van der Waals surface area contributed by atoms with Crippen molar-refractivity contribution in [3.05, 3.63) is 72.3 Å². The Morgan fingerprint density at radius 2 is 1.78 bits per heavy atom. The molecule has 3 aromatic rings. The molecule has 2 N–H and O–H groups in total. The van der Waals surface area contributed by atoms with Gasteiger partial charge in [-0.15, -0.1) is 0 Å². The zero-order chi connectivity index (χ0) is 19.2. The molecule has 0 saturated carbocycles. The van der Waals surface area contributed by atoms with Crippen LogP contribution in [0.15, 0.2) is 61.2 Å². The fourth-order valence-corrected chi connectivity index (χ4v) is 2.73. The first-order valence-electron chi connectivity index (χ1n) is 8.62. The molecule has 1 heterocycles. The third kappa shape index (κ3) is 5.01. The Morgan fingerprint density at radius 3 is 2.37 bits per heavy atom. The minimum atomic E-state index is -0.121. The molecule has 1 aromatic heterocycles. The van der Waals surface area contributed by atoms with Gasteiger partial charge in [-0.1, -0.05) is 24.3 Å². The Hall–Kier alpha value is -3.48. The lowest BCUT2D eigenvalue weighted by Gasteiger charge is -2.15. The lowest BCUT2D eigenvalue weighted by molar-refractivity contribution is -0.121. The largest absolute Gasteiger partial charge is 0.349 e. The third-order valence-electron chi connectivity index (χ3n) is 4.09. The molecule has 0 bridgehead atoms. The first-order valence-corrected chi connectivity index (χ1v) is 8.62. The lowest BCUT2D eigenvalue weighted by atomic mass is 10.1. The van der Waals surface area contributed by atoms with Crippen molar-refractivity contribution < 1.29 is 9.59 Å². The van der Waals surface area contributed by atoms with Crippen LogP contribution in [0.4, 0.5) is 5.69 Å². The molecule has 1 atom stereocenters. The second kappa shape index (κ2) is 8.27. The smallest absolute Gasteiger partial charge is 0.224 e. The molecule has 0 fully saturated rings. The molecule has 2 aromatic carbocycles. The molecule has 27 heavy (non-hydrogen) atoms. The Morgan fingerprint density at radius 1 is 1.07 bits per heavy atom. The summed E-state index contributed by atoms with van der Waals surface area (Å²) in [5, 5.41) is 9.80. The predicted molar refractivity (Wildman–Crippen MR) is 102 cm³/mol. The summed E-state index contributed by atoms with van der Waals surface area (Å²) in [5.74, 6) is -0.181. The Kier molecular flexibility index (Phi) is 5.61. The van der Waals surface area contributed by atoms with E-state index in [-0.39, 0.29) is 24.3 Å². The van der Waals surface area contributed by atoms with Gasteiger partial charge in [-0.25, -0.2) is 9.67 Å². The molecule has 0 aliphatic heterocycles. The summed E-state index contributed by atoms with van der Waals surface area (Å²) < 4.78 is 1.68. The van der Waals surface area contributed by atoms with Crippen molar-refractivity contribution in [2.45, 2.75) is 26.3 Å². The first kappa shape index (κ1) is 18.3. The normalized spacial score (nSPS) is 11.6. The molecule has 0 spiro atoms. The van der Waals surface area contributed by atoms with E-state index in [0.717, 1.165) is 16.8 Å². The number of amides is 2. The van der Waals surface area contributed by atoms with Gasteiger partial charge in [0.1, 0.15) is 12.7 Å². The fraction of sp³-hybridized carbons (Fsp3) is 0.200. The summed E-state index contributed by atoms with van der Waals surface area (Å²) in [5.41, 5.74) is 3.52. The van der Waals surface area contributed by atoms with E-state index in [1.807, 2.05) is 43.3 Å². The van der Waals surface area contributed by atoms with Crippen molar-refractivity contribution in [1.29, 1.82) is 0 Å². The Labute approximate surface area is 157 Å². The zero-order valence-electron chi connectivity index (χ0n) is 15.2. The highest BCUT2D eigenvalue weighted by Gasteiger charge is 2.11. The van der Waals surface area contributed by atoms with E-state index < -0.39 is 0 Å². The van der Waals surface area contributed by atoms with Crippen LogP contribution >= 0.6 is 0 Å². The fourth-order valence-electron chi connectivity index (χ4n) is 2.73. The maximum atomic E-state index is 12.3. The molecule has 2 amide bonds. The predicted octanol–water partition coefficient (Wildman–Crippen LogP) is 2.65. The summed E-state index contributed by atoms with van der Waals surface area (Å²) in [6.07, 6.45) is 3.40. The standard InChI is InChI=1S/C20H21N5O2/c1-14(17-5-9-19(10-6-17)25-13-21-12-22-25)23-20(27)11-16-3-7-18(8-4-16)24-15(2)26/h3-10,12-14H,11H2,1-2H3,(H,23,27)(H,24,26). The van der Waals surface area contributed by atoms with Crippen LogP contribution in [0.1, 0.15) is 31.0 Å². The van der Waals surface area contributed by atoms with Crippen molar-refractivity contribution in [2.75, 3.05) is 5.32 Å². The number of hydrogen-bond acceptors (Lipinski definition) is 4. The van der Waals surface area contributed by atoms with E-state index in [1.165, 1.54) is 13.3 Å². The topological polar surface area (TPSA) is 88.9 Å². The van der Waals surface area contributed by atoms with Crippen LogP contribution in [-0.4, -0.2) is 26.6 Å². The number of carbonyl (C=O) groups excluding carboxylic acids is 2. The van der Waals surface area contributed by atoms with Crippen LogP contribution < -0.4 is 10.6 Å². The minimum absolute atomic E-state index is 0.0601. The van der Waals surface area contributed by atoms with Crippen LogP contribution in [-0.2, 0) is 16.0 Å². The van der Waals surface area contributed by atoms with Crippen molar-refractivity contribution in [3.8, 4) is 5.69 Å². The maximum absolute atomic E-state index is 12.3. The van der Waals surface area contributed by atoms with Gasteiger partial charge in [-0.05, 0) is 42.3 Å². The van der Waals surface area contributed by atoms with E-state index in [1.54, 1.807) is 23.1 Å². The average molecular weight is 363 g/mol. The van der Waals surface area contributed by atoms with Gasteiger partial charge in [-0.3, -0.25) is 9.59 Å². The van der Waals surface area contributed by atoms with Gasteiger partial charge in [0.15, 0.2) is 0 Å². The van der Waals surface area contributed by atoms with Crippen LogP contribution in [0, 0.1) is 0 Å². The van der Waals surface area contributed by atoms with Gasteiger partial charge in [0.25, 0.3) is 0 Å². The van der Waals surface area contributed by atoms with Gasteiger partial charge in [-0.2, -0.15) is 5.10 Å². The zero-order valence-corrected chi connectivity index (χ0v) is 15.2. The summed E-state index contributed by atoms with van der Waals surface area (Å²) in [7, 11) is 0. The third-order valence-corrected chi connectivity index (χ3v) is 4.09. The highest BCUT2D eigenvalue weighted by molar-refractivity contribution is 5.88. The number of rotatable bonds is 6. The van der Waals surface area contributed by atoms with E-state index in [9.17, 15) is 9.59 Å². The quantitative estimate of drug-likeness (QED) is 0.705. The van der Waals surface area contributed by atoms with Crippen LogP contribution in [0.2, 0.25) is 0 Å². The van der Waals surface area contributed by atoms with E-state index in [4.69, 9.17) is 0 Å². The Balaban J connectivity index is 1.56. The molecule has 0 aliphatic rings. The Bertz CT molecular complexity index is 903. The van der Waals surface area contributed by atoms with E-state index >= 15 is 0 Å². The van der Waals surface area contributed by atoms with Crippen molar-refractivity contribution in [1.82, 2.24) is 20.1 Å². The number of nitrogens with one attached hydrogen (secondary N) is 2. The minimum Gasteiger partial charge on any atom is -0.349 e. The number of hydrogen-bond donors (Lipinski definition) is 2. The summed E-state index contributed by atoms with van der Waals surface area (Å²) >= 11 is 0. The maximum Gasteiger partial charge on any atom is 0.224 e. The molecule has 3 rings (SSSR count). The van der Waals surface area contributed by atoms with Gasteiger partial charge in [0, 0.05) is 12.6 Å². The SMILES string of the molecule is CC(=O)Nc1ccc(CC(=O)NC(C)c2ccc(-n3cncn3)cc2)cc1. The van der Waals surface area contributed by atoms with Gasteiger partial charge in [0.05, 0.1) is 18.2 Å². The number of anilines is 1. The molecule has 1 unspecified atom stereocenters. The highest BCUT2D eigenvalue weighted by atomic mass is 16.2. The molecule has 0 saturated heterocycles. The van der Waals surface area contributed by atoms with Gasteiger partial charge in [0.2, 0.25) is 11.8 Å². The summed E-state index contributed by atoms with van der Waals surface area (Å²) in [6.45, 7) is 3.41. The molecule has 7 heteroatoms. The molecule has 0 radical (unpaired) electrons. The second-order valence-corrected chi connectivity index (χ2v) is 6.28. The van der Waals surface area contributed by atoms with Crippen LogP contribution in [0.3, 0.4) is 0 Å². The molecular weight excluding hydrogens is 342 g/mol. The molecular formula is C20H21N5O2. The van der Waals surface area contributed by atoms with E-state index in [0.29, 0.717) is 5.69 Å². The van der Waals surface area contributed by atoms with Crippen molar-refractivity contribution >= 4 is 17.5 Å². The lowest BCUT2D eigenvalue weighted by Crippen LogP contribution is -2.28. The van der Waals surface area contributed by atoms with Crippen LogP contribution in [0.25, 0.3) is 5.69 Å². The molecule has 0 aliphatic carbocycles. The van der Waals surface area contributed by atoms with Crippen molar-refractivity contribution in [2.24, 2.45) is 0 Å². The summed E-state index contributed by atoms with van der Waals surface area (Å²) in [4.78, 5) is 27.3. The van der Waals surface area contributed by atoms with Gasteiger partial charge >= 0.3 is 0 Å². The number of carbonyl (C=O) groups is 2. The number of nitrogens with zero attached hydrogens (tertiary/aromatic N) is 3. The number of aromatic nitrogens is 3. The molecule has 138 valence electrons. The van der Waals surface area contributed by atoms with Gasteiger partial charge < -0.3 is 10.6 Å². The monoisotopic (exact) mass is 363 g/mol. The average Bonchev–Trinajstić information content (AvgIpc) is 3.18. The van der Waals surface area contributed by atoms with Crippen molar-refractivity contribution in [3.63, 3.8) is 0 Å². The highest BCUT2D eigenvalue weighted by Crippen LogP contribution is 2.16. The van der Waals surface area contributed by atoms with E-state index in [2.05, 4.69) is 20.7 Å². The second-order valence-electron chi connectivity index (χ2n) is 6.28. The first-order chi connectivity index (χ1) is 13.0. The molecule has 7 nitrogen and oxygen atoms in total. The summed E-state index contributed by atoms with van der Waals surface area (Å²) in [6, 6.07) is 14.9. The number of benzene rings is 2. The van der Waals surface area contributed by atoms with Crippen LogP contribution in [0.5, 0.6) is 0 Å².